The average Bonchev–Trinajstić information content (AvgIpc) is 2.70. The highest BCUT2D eigenvalue weighted by molar-refractivity contribution is 5.63. The molecule has 4 heteroatoms. The van der Waals surface area contributed by atoms with Crippen LogP contribution in [0.15, 0.2) is 42.5 Å². The Labute approximate surface area is 160 Å². The van der Waals surface area contributed by atoms with Gasteiger partial charge in [-0.15, -0.1) is 0 Å². The lowest BCUT2D eigenvalue weighted by Gasteiger charge is -2.29. The van der Waals surface area contributed by atoms with Gasteiger partial charge in [0.15, 0.2) is 17.9 Å². The van der Waals surface area contributed by atoms with Gasteiger partial charge in [-0.3, -0.25) is 0 Å². The molecule has 0 spiro atoms. The number of hydrogen-bond donors (Lipinski definition) is 0. The topological polar surface area (TPSA) is 18.5 Å². The fourth-order valence-corrected chi connectivity index (χ4v) is 3.42. The summed E-state index contributed by atoms with van der Waals surface area (Å²) >= 11 is 0. The molecular formula is C23H28F2O2. The molecule has 1 fully saturated rings. The summed E-state index contributed by atoms with van der Waals surface area (Å²) in [6.07, 6.45) is 6.52. The zero-order valence-electron chi connectivity index (χ0n) is 15.9. The van der Waals surface area contributed by atoms with E-state index < -0.39 is 11.6 Å². The van der Waals surface area contributed by atoms with Gasteiger partial charge in [0.1, 0.15) is 0 Å². The molecule has 0 saturated carbocycles. The van der Waals surface area contributed by atoms with Gasteiger partial charge in [0.2, 0.25) is 0 Å². The van der Waals surface area contributed by atoms with Crippen molar-refractivity contribution in [1.82, 2.24) is 0 Å². The zero-order chi connectivity index (χ0) is 19.1. The van der Waals surface area contributed by atoms with Crippen LogP contribution in [0.4, 0.5) is 8.78 Å². The molecule has 146 valence electrons. The SMILES string of the molecule is CCCCCC1COC(CCc2ccc(-c3ccc(F)c(F)c3)cc2)OC1. The number of unbranched alkanes of at least 4 members (excludes halogenated alkanes) is 2. The van der Waals surface area contributed by atoms with Crippen LogP contribution in [0, 0.1) is 17.6 Å². The molecule has 0 N–H and O–H groups in total. The molecule has 2 aromatic carbocycles. The molecule has 0 aromatic heterocycles. The summed E-state index contributed by atoms with van der Waals surface area (Å²) in [5.74, 6) is -1.12. The number of halogens is 2. The van der Waals surface area contributed by atoms with Crippen molar-refractivity contribution in [3.63, 3.8) is 0 Å². The van der Waals surface area contributed by atoms with Crippen molar-refractivity contribution in [2.75, 3.05) is 13.2 Å². The molecule has 3 rings (SSSR count). The van der Waals surface area contributed by atoms with Gasteiger partial charge in [0.05, 0.1) is 13.2 Å². The van der Waals surface area contributed by atoms with Crippen molar-refractivity contribution in [2.24, 2.45) is 5.92 Å². The molecule has 0 amide bonds. The Morgan fingerprint density at radius 2 is 1.56 bits per heavy atom. The summed E-state index contributed by atoms with van der Waals surface area (Å²) < 4.78 is 38.2. The Kier molecular flexibility index (Phi) is 7.36. The first-order chi connectivity index (χ1) is 13.2. The first-order valence-electron chi connectivity index (χ1n) is 9.93. The predicted molar refractivity (Wildman–Crippen MR) is 103 cm³/mol. The van der Waals surface area contributed by atoms with Gasteiger partial charge < -0.3 is 9.47 Å². The standard InChI is InChI=1S/C23H28F2O2/c1-2-3-4-5-18-15-26-23(27-16-18)13-8-17-6-9-19(10-7-17)20-11-12-21(24)22(25)14-20/h6-7,9-12,14,18,23H,2-5,8,13,15-16H2,1H3. The van der Waals surface area contributed by atoms with E-state index in [0.29, 0.717) is 11.5 Å². The lowest BCUT2D eigenvalue weighted by atomic mass is 10.0. The van der Waals surface area contributed by atoms with Gasteiger partial charge in [-0.25, -0.2) is 8.78 Å². The second kappa shape index (κ2) is 9.95. The third-order valence-electron chi connectivity index (χ3n) is 5.13. The molecule has 27 heavy (non-hydrogen) atoms. The monoisotopic (exact) mass is 374 g/mol. The van der Waals surface area contributed by atoms with E-state index in [4.69, 9.17) is 9.47 Å². The molecule has 0 atom stereocenters. The van der Waals surface area contributed by atoms with E-state index in [0.717, 1.165) is 37.7 Å². The van der Waals surface area contributed by atoms with Crippen LogP contribution in [0.2, 0.25) is 0 Å². The summed E-state index contributed by atoms with van der Waals surface area (Å²) in [5, 5.41) is 0. The molecule has 1 saturated heterocycles. The average molecular weight is 374 g/mol. The van der Waals surface area contributed by atoms with Crippen LogP contribution in [0.5, 0.6) is 0 Å². The van der Waals surface area contributed by atoms with Crippen molar-refractivity contribution in [1.29, 1.82) is 0 Å². The quantitative estimate of drug-likeness (QED) is 0.517. The largest absolute Gasteiger partial charge is 0.352 e. The number of aryl methyl sites for hydroxylation is 1. The third kappa shape index (κ3) is 5.85. The molecule has 2 aromatic rings. The Bertz CT molecular complexity index is 707. The second-order valence-electron chi connectivity index (χ2n) is 7.32. The summed E-state index contributed by atoms with van der Waals surface area (Å²) in [6, 6.07) is 11.9. The summed E-state index contributed by atoms with van der Waals surface area (Å²) in [5.41, 5.74) is 2.73. The van der Waals surface area contributed by atoms with Gasteiger partial charge in [-0.1, -0.05) is 56.5 Å². The third-order valence-corrected chi connectivity index (χ3v) is 5.13. The highest BCUT2D eigenvalue weighted by Crippen LogP contribution is 2.24. The van der Waals surface area contributed by atoms with E-state index in [1.54, 1.807) is 6.07 Å². The Balaban J connectivity index is 1.45. The fraction of sp³-hybridized carbons (Fsp3) is 0.478. The molecular weight excluding hydrogens is 346 g/mol. The summed E-state index contributed by atoms with van der Waals surface area (Å²) in [7, 11) is 0. The van der Waals surface area contributed by atoms with Crippen LogP contribution in [0.1, 0.15) is 44.6 Å². The van der Waals surface area contributed by atoms with Crippen LogP contribution in [-0.4, -0.2) is 19.5 Å². The van der Waals surface area contributed by atoms with E-state index >= 15 is 0 Å². The molecule has 2 nitrogen and oxygen atoms in total. The molecule has 0 unspecified atom stereocenters. The highest BCUT2D eigenvalue weighted by Gasteiger charge is 2.21. The van der Waals surface area contributed by atoms with E-state index in [9.17, 15) is 8.78 Å². The lowest BCUT2D eigenvalue weighted by Crippen LogP contribution is -2.32. The molecule has 0 radical (unpaired) electrons. The smallest absolute Gasteiger partial charge is 0.159 e. The normalized spacial score (nSPS) is 20.0. The van der Waals surface area contributed by atoms with E-state index in [2.05, 4.69) is 6.92 Å². The van der Waals surface area contributed by atoms with Crippen LogP contribution in [0.25, 0.3) is 11.1 Å². The maximum absolute atomic E-state index is 13.4. The Morgan fingerprint density at radius 1 is 0.852 bits per heavy atom. The second-order valence-corrected chi connectivity index (χ2v) is 7.32. The number of benzene rings is 2. The van der Waals surface area contributed by atoms with Gasteiger partial charge >= 0.3 is 0 Å². The minimum atomic E-state index is -0.824. The summed E-state index contributed by atoms with van der Waals surface area (Å²) in [4.78, 5) is 0. The number of rotatable bonds is 8. The minimum Gasteiger partial charge on any atom is -0.352 e. The molecule has 0 aliphatic carbocycles. The minimum absolute atomic E-state index is 0.127. The van der Waals surface area contributed by atoms with Gasteiger partial charge in [0.25, 0.3) is 0 Å². The van der Waals surface area contributed by atoms with Crippen LogP contribution >= 0.6 is 0 Å². The first-order valence-corrected chi connectivity index (χ1v) is 9.93. The first kappa shape index (κ1) is 20.0. The molecule has 0 bridgehead atoms. The van der Waals surface area contributed by atoms with Crippen LogP contribution < -0.4 is 0 Å². The van der Waals surface area contributed by atoms with Crippen LogP contribution in [-0.2, 0) is 15.9 Å². The van der Waals surface area contributed by atoms with Crippen molar-refractivity contribution >= 4 is 0 Å². The van der Waals surface area contributed by atoms with E-state index in [1.807, 2.05) is 24.3 Å². The highest BCUT2D eigenvalue weighted by atomic mass is 19.2. The fourth-order valence-electron chi connectivity index (χ4n) is 3.42. The lowest BCUT2D eigenvalue weighted by molar-refractivity contribution is -0.203. The van der Waals surface area contributed by atoms with Gasteiger partial charge in [0, 0.05) is 12.3 Å². The maximum atomic E-state index is 13.4. The van der Waals surface area contributed by atoms with Crippen molar-refractivity contribution in [3.8, 4) is 11.1 Å². The Morgan fingerprint density at radius 3 is 2.22 bits per heavy atom. The summed E-state index contributed by atoms with van der Waals surface area (Å²) in [6.45, 7) is 3.81. The molecule has 1 aliphatic rings. The van der Waals surface area contributed by atoms with Crippen molar-refractivity contribution in [2.45, 2.75) is 51.7 Å². The van der Waals surface area contributed by atoms with E-state index in [1.165, 1.54) is 37.3 Å². The van der Waals surface area contributed by atoms with Crippen LogP contribution in [0.3, 0.4) is 0 Å². The Hall–Kier alpha value is -1.78. The number of ether oxygens (including phenoxy) is 2. The van der Waals surface area contributed by atoms with Gasteiger partial charge in [-0.05, 0) is 41.7 Å². The van der Waals surface area contributed by atoms with Gasteiger partial charge in [-0.2, -0.15) is 0 Å². The maximum Gasteiger partial charge on any atom is 0.159 e. The van der Waals surface area contributed by atoms with E-state index in [-0.39, 0.29) is 6.29 Å². The zero-order valence-corrected chi connectivity index (χ0v) is 15.9. The number of hydrogen-bond acceptors (Lipinski definition) is 2. The predicted octanol–water partition coefficient (Wildman–Crippen LogP) is 6.13. The van der Waals surface area contributed by atoms with Crippen molar-refractivity contribution in [3.05, 3.63) is 59.7 Å². The van der Waals surface area contributed by atoms with Crippen molar-refractivity contribution < 1.29 is 18.3 Å². The molecule has 1 aliphatic heterocycles. The molecule has 1 heterocycles.